The monoisotopic (exact) mass is 389 g/mol. The van der Waals surface area contributed by atoms with Gasteiger partial charge in [-0.2, -0.15) is 4.98 Å². The second kappa shape index (κ2) is 10.6. The molecule has 0 unspecified atom stereocenters. The van der Waals surface area contributed by atoms with E-state index in [-0.39, 0.29) is 11.8 Å². The van der Waals surface area contributed by atoms with Gasteiger partial charge in [-0.3, -0.25) is 4.79 Å². The number of amides is 1. The van der Waals surface area contributed by atoms with Gasteiger partial charge >= 0.3 is 0 Å². The third-order valence-corrected chi connectivity index (χ3v) is 6.05. The van der Waals surface area contributed by atoms with Gasteiger partial charge in [-0.05, 0) is 64.1 Å². The Morgan fingerprint density at radius 1 is 1.18 bits per heavy atom. The minimum Gasteiger partial charge on any atom is -0.481 e. The second-order valence-electron chi connectivity index (χ2n) is 8.18. The van der Waals surface area contributed by atoms with Crippen molar-refractivity contribution < 1.29 is 9.53 Å². The molecule has 1 aromatic heterocycles. The molecule has 156 valence electrons. The summed E-state index contributed by atoms with van der Waals surface area (Å²) in [4.78, 5) is 25.9. The van der Waals surface area contributed by atoms with E-state index in [1.54, 1.807) is 19.4 Å². The maximum atomic E-state index is 12.5. The molecular formula is C21H35N5O2. The number of aromatic nitrogens is 2. The van der Waals surface area contributed by atoms with Crippen LogP contribution in [0.4, 0.5) is 5.95 Å². The summed E-state index contributed by atoms with van der Waals surface area (Å²) in [6, 6.07) is 1.75. The predicted octanol–water partition coefficient (Wildman–Crippen LogP) is 2.33. The zero-order chi connectivity index (χ0) is 19.8. The molecule has 7 heteroatoms. The SMILES string of the molecule is COc1ccnc(N2CCC(C(=O)NCCCCN3CCC(C)CC3)CC2)n1. The number of ether oxygens (including phenoxy) is 1. The van der Waals surface area contributed by atoms with Crippen LogP contribution in [0.3, 0.4) is 0 Å². The van der Waals surface area contributed by atoms with Gasteiger partial charge in [0.15, 0.2) is 0 Å². The summed E-state index contributed by atoms with van der Waals surface area (Å²) in [6.45, 7) is 8.40. The molecule has 2 aliphatic rings. The third kappa shape index (κ3) is 6.06. The van der Waals surface area contributed by atoms with Gasteiger partial charge in [-0.1, -0.05) is 6.92 Å². The first kappa shape index (κ1) is 20.8. The van der Waals surface area contributed by atoms with Crippen molar-refractivity contribution in [2.45, 2.75) is 45.4 Å². The molecule has 0 aromatic carbocycles. The van der Waals surface area contributed by atoms with Crippen molar-refractivity contribution in [3.05, 3.63) is 12.3 Å². The Bertz CT molecular complexity index is 611. The van der Waals surface area contributed by atoms with Crippen LogP contribution in [-0.2, 0) is 4.79 Å². The molecule has 1 N–H and O–H groups in total. The Morgan fingerprint density at radius 3 is 2.64 bits per heavy atom. The van der Waals surface area contributed by atoms with Crippen LogP contribution in [0.2, 0.25) is 0 Å². The number of piperidine rings is 2. The van der Waals surface area contributed by atoms with Crippen LogP contribution < -0.4 is 15.0 Å². The van der Waals surface area contributed by atoms with Gasteiger partial charge in [-0.15, -0.1) is 0 Å². The van der Waals surface area contributed by atoms with E-state index in [1.165, 1.54) is 38.9 Å². The molecule has 2 aliphatic heterocycles. The summed E-state index contributed by atoms with van der Waals surface area (Å²) in [5.74, 6) is 2.45. The molecule has 1 aromatic rings. The van der Waals surface area contributed by atoms with Crippen LogP contribution in [0.5, 0.6) is 5.88 Å². The van der Waals surface area contributed by atoms with E-state index in [4.69, 9.17) is 4.74 Å². The molecule has 3 rings (SSSR count). The lowest BCUT2D eigenvalue weighted by molar-refractivity contribution is -0.125. The Morgan fingerprint density at radius 2 is 1.93 bits per heavy atom. The van der Waals surface area contributed by atoms with E-state index in [9.17, 15) is 4.79 Å². The van der Waals surface area contributed by atoms with Crippen LogP contribution >= 0.6 is 0 Å². The lowest BCUT2D eigenvalue weighted by Gasteiger charge is -2.31. The summed E-state index contributed by atoms with van der Waals surface area (Å²) >= 11 is 0. The predicted molar refractivity (Wildman–Crippen MR) is 111 cm³/mol. The van der Waals surface area contributed by atoms with Crippen molar-refractivity contribution in [1.29, 1.82) is 0 Å². The highest BCUT2D eigenvalue weighted by atomic mass is 16.5. The molecule has 7 nitrogen and oxygen atoms in total. The fourth-order valence-corrected chi connectivity index (χ4v) is 4.04. The molecule has 3 heterocycles. The van der Waals surface area contributed by atoms with Gasteiger partial charge in [0.05, 0.1) is 7.11 Å². The topological polar surface area (TPSA) is 70.6 Å². The van der Waals surface area contributed by atoms with Crippen molar-refractivity contribution in [2.24, 2.45) is 11.8 Å². The van der Waals surface area contributed by atoms with Crippen molar-refractivity contribution >= 4 is 11.9 Å². The van der Waals surface area contributed by atoms with E-state index in [1.807, 2.05) is 0 Å². The molecule has 0 aliphatic carbocycles. The molecule has 0 atom stereocenters. The molecule has 2 fully saturated rings. The lowest BCUT2D eigenvalue weighted by atomic mass is 9.96. The fraction of sp³-hybridized carbons (Fsp3) is 0.762. The first-order valence-corrected chi connectivity index (χ1v) is 10.8. The zero-order valence-electron chi connectivity index (χ0n) is 17.4. The number of anilines is 1. The maximum Gasteiger partial charge on any atom is 0.228 e. The summed E-state index contributed by atoms with van der Waals surface area (Å²) in [5, 5.41) is 3.14. The number of likely N-dealkylation sites (tertiary alicyclic amines) is 1. The number of methoxy groups -OCH3 is 1. The normalized spacial score (nSPS) is 19.6. The Labute approximate surface area is 168 Å². The summed E-state index contributed by atoms with van der Waals surface area (Å²) in [7, 11) is 1.61. The smallest absolute Gasteiger partial charge is 0.228 e. The fourth-order valence-electron chi connectivity index (χ4n) is 4.04. The van der Waals surface area contributed by atoms with Gasteiger partial charge in [-0.25, -0.2) is 4.98 Å². The van der Waals surface area contributed by atoms with E-state index in [0.29, 0.717) is 11.8 Å². The summed E-state index contributed by atoms with van der Waals surface area (Å²) < 4.78 is 5.17. The lowest BCUT2D eigenvalue weighted by Crippen LogP contribution is -2.41. The minimum atomic E-state index is 0.102. The average molecular weight is 390 g/mol. The number of carbonyl (C=O) groups is 1. The summed E-state index contributed by atoms with van der Waals surface area (Å²) in [6.07, 6.45) is 8.29. The van der Waals surface area contributed by atoms with Crippen molar-refractivity contribution in [3.63, 3.8) is 0 Å². The Balaban J connectivity index is 1.29. The highest BCUT2D eigenvalue weighted by Gasteiger charge is 2.26. The maximum absolute atomic E-state index is 12.5. The molecule has 28 heavy (non-hydrogen) atoms. The van der Waals surface area contributed by atoms with E-state index >= 15 is 0 Å². The molecule has 0 saturated carbocycles. The van der Waals surface area contributed by atoms with E-state index in [2.05, 4.69) is 32.0 Å². The number of nitrogens with zero attached hydrogens (tertiary/aromatic N) is 4. The first-order valence-electron chi connectivity index (χ1n) is 10.8. The van der Waals surface area contributed by atoms with Crippen molar-refractivity contribution in [2.75, 3.05) is 51.3 Å². The van der Waals surface area contributed by atoms with Crippen molar-refractivity contribution in [3.8, 4) is 5.88 Å². The largest absolute Gasteiger partial charge is 0.481 e. The third-order valence-electron chi connectivity index (χ3n) is 6.05. The second-order valence-corrected chi connectivity index (χ2v) is 8.18. The Hall–Kier alpha value is -1.89. The highest BCUT2D eigenvalue weighted by molar-refractivity contribution is 5.78. The van der Waals surface area contributed by atoms with E-state index < -0.39 is 0 Å². The number of nitrogens with one attached hydrogen (secondary N) is 1. The number of hydrogen-bond donors (Lipinski definition) is 1. The van der Waals surface area contributed by atoms with Gasteiger partial charge in [0.2, 0.25) is 17.7 Å². The molecule has 0 bridgehead atoms. The number of rotatable bonds is 8. The Kier molecular flexibility index (Phi) is 7.89. The molecule has 2 saturated heterocycles. The van der Waals surface area contributed by atoms with Crippen molar-refractivity contribution in [1.82, 2.24) is 20.2 Å². The molecule has 0 spiro atoms. The molecular weight excluding hydrogens is 354 g/mol. The summed E-state index contributed by atoms with van der Waals surface area (Å²) in [5.41, 5.74) is 0. The highest BCUT2D eigenvalue weighted by Crippen LogP contribution is 2.22. The van der Waals surface area contributed by atoms with Gasteiger partial charge in [0, 0.05) is 37.8 Å². The minimum absolute atomic E-state index is 0.102. The molecule has 1 amide bonds. The van der Waals surface area contributed by atoms with Gasteiger partial charge in [0.25, 0.3) is 0 Å². The number of unbranched alkanes of at least 4 members (excludes halogenated alkanes) is 1. The number of hydrogen-bond acceptors (Lipinski definition) is 6. The van der Waals surface area contributed by atoms with Crippen LogP contribution in [0.15, 0.2) is 12.3 Å². The quantitative estimate of drug-likeness (QED) is 0.688. The van der Waals surface area contributed by atoms with Gasteiger partial charge < -0.3 is 19.9 Å². The van der Waals surface area contributed by atoms with Crippen LogP contribution in [-0.4, -0.2) is 67.2 Å². The molecule has 0 radical (unpaired) electrons. The van der Waals surface area contributed by atoms with Crippen LogP contribution in [0, 0.1) is 11.8 Å². The van der Waals surface area contributed by atoms with Crippen LogP contribution in [0.1, 0.15) is 45.4 Å². The van der Waals surface area contributed by atoms with Gasteiger partial charge in [0.1, 0.15) is 0 Å². The standard InChI is InChI=1S/C21H35N5O2/c1-17-6-13-25(14-7-17)12-4-3-10-22-20(27)18-8-15-26(16-9-18)21-23-11-5-19(24-21)28-2/h5,11,17-18H,3-4,6-10,12-16H2,1-2H3,(H,22,27). The van der Waals surface area contributed by atoms with Crippen LogP contribution in [0.25, 0.3) is 0 Å². The number of carbonyl (C=O) groups excluding carboxylic acids is 1. The zero-order valence-corrected chi connectivity index (χ0v) is 17.4. The van der Waals surface area contributed by atoms with E-state index in [0.717, 1.165) is 44.8 Å². The first-order chi connectivity index (χ1) is 13.7. The average Bonchev–Trinajstić information content (AvgIpc) is 2.75.